The molecule has 2 rings (SSSR count). The fourth-order valence-electron chi connectivity index (χ4n) is 2.56. The Bertz CT molecular complexity index is 505. The van der Waals surface area contributed by atoms with Crippen molar-refractivity contribution in [3.63, 3.8) is 0 Å². The molecule has 0 radical (unpaired) electrons. The van der Waals surface area contributed by atoms with Crippen LogP contribution in [0, 0.1) is 11.8 Å². The number of nitrogens with zero attached hydrogens (tertiary/aromatic N) is 6. The van der Waals surface area contributed by atoms with Crippen LogP contribution in [0.3, 0.4) is 0 Å². The number of rotatable bonds is 8. The maximum atomic E-state index is 8.53. The molecule has 1 atom stereocenters. The van der Waals surface area contributed by atoms with Crippen LogP contribution in [0.2, 0.25) is 0 Å². The number of azide groups is 2. The highest BCUT2D eigenvalue weighted by atomic mass is 35.5. The third-order valence-electron chi connectivity index (χ3n) is 3.87. The lowest BCUT2D eigenvalue weighted by Crippen LogP contribution is -2.30. The highest BCUT2D eigenvalue weighted by molar-refractivity contribution is 6.31. The minimum Gasteiger partial charge on any atom is -0.310 e. The molecule has 0 aromatic carbocycles. The number of halogens is 1. The monoisotopic (exact) mass is 307 g/mol. The van der Waals surface area contributed by atoms with Crippen LogP contribution in [0.15, 0.2) is 33.0 Å². The van der Waals surface area contributed by atoms with Crippen LogP contribution in [-0.2, 0) is 0 Å². The summed E-state index contributed by atoms with van der Waals surface area (Å²) >= 11 is 6.11. The van der Waals surface area contributed by atoms with Crippen molar-refractivity contribution in [2.24, 2.45) is 22.1 Å². The fraction of sp³-hybridized carbons (Fsp3) is 0.692. The molecule has 0 aliphatic heterocycles. The van der Waals surface area contributed by atoms with Crippen molar-refractivity contribution in [1.82, 2.24) is 5.32 Å². The van der Waals surface area contributed by atoms with Gasteiger partial charge in [-0.05, 0) is 48.2 Å². The highest BCUT2D eigenvalue weighted by Crippen LogP contribution is 2.32. The maximum absolute atomic E-state index is 8.53. The largest absolute Gasteiger partial charge is 0.310 e. The minimum atomic E-state index is 0.00469. The Hall–Kier alpha value is -1.65. The number of hydrogen-bond acceptors (Lipinski definition) is 3. The maximum Gasteiger partial charge on any atom is 0.0366 e. The van der Waals surface area contributed by atoms with Crippen molar-refractivity contribution in [3.05, 3.63) is 43.6 Å². The van der Waals surface area contributed by atoms with Gasteiger partial charge in [-0.15, -0.1) is 0 Å². The first-order valence-corrected chi connectivity index (χ1v) is 7.43. The number of hydrogen-bond donors (Lipinski definition) is 1. The lowest BCUT2D eigenvalue weighted by molar-refractivity contribution is 0.385. The zero-order valence-electron chi connectivity index (χ0n) is 11.7. The van der Waals surface area contributed by atoms with Crippen LogP contribution in [-0.4, -0.2) is 25.7 Å². The van der Waals surface area contributed by atoms with Gasteiger partial charge in [-0.3, -0.25) is 0 Å². The summed E-state index contributed by atoms with van der Waals surface area (Å²) < 4.78 is 0. The molecule has 112 valence electrons. The summed E-state index contributed by atoms with van der Waals surface area (Å²) in [6.45, 7) is 1.43. The molecule has 0 heterocycles. The Morgan fingerprint density at radius 3 is 2.52 bits per heavy atom. The van der Waals surface area contributed by atoms with Crippen molar-refractivity contribution < 1.29 is 0 Å². The second-order valence-electron chi connectivity index (χ2n) is 5.39. The smallest absolute Gasteiger partial charge is 0.0366 e. The molecular weight excluding hydrogens is 290 g/mol. The van der Waals surface area contributed by atoms with Gasteiger partial charge in [0, 0.05) is 40.5 Å². The summed E-state index contributed by atoms with van der Waals surface area (Å²) in [5, 5.41) is 11.5. The third kappa shape index (κ3) is 4.99. The summed E-state index contributed by atoms with van der Waals surface area (Å²) in [5.41, 5.74) is 18.2. The van der Waals surface area contributed by atoms with Crippen molar-refractivity contribution in [1.29, 1.82) is 0 Å². The van der Waals surface area contributed by atoms with Gasteiger partial charge in [0.1, 0.15) is 0 Å². The molecule has 0 amide bonds. The topological polar surface area (TPSA) is 110 Å². The van der Waals surface area contributed by atoms with Gasteiger partial charge in [0.15, 0.2) is 0 Å². The summed E-state index contributed by atoms with van der Waals surface area (Å²) in [6, 6.07) is 0.615. The Labute approximate surface area is 128 Å². The lowest BCUT2D eigenvalue weighted by atomic mass is 9.80. The fourth-order valence-corrected chi connectivity index (χ4v) is 2.79. The van der Waals surface area contributed by atoms with E-state index in [4.69, 9.17) is 22.7 Å². The molecule has 1 unspecified atom stereocenters. The molecule has 1 N–H and O–H groups in total. The van der Waals surface area contributed by atoms with Crippen LogP contribution < -0.4 is 5.32 Å². The van der Waals surface area contributed by atoms with E-state index < -0.39 is 0 Å². The molecule has 0 aromatic rings. The summed E-state index contributed by atoms with van der Waals surface area (Å²) in [5.74, 6) is 0.194. The predicted octanol–water partition coefficient (Wildman–Crippen LogP) is 4.04. The molecular formula is C13H18ClN7. The average molecular weight is 308 g/mol. The van der Waals surface area contributed by atoms with Crippen LogP contribution in [0.4, 0.5) is 0 Å². The molecule has 0 spiro atoms. The van der Waals surface area contributed by atoms with Gasteiger partial charge >= 0.3 is 0 Å². The van der Waals surface area contributed by atoms with Crippen molar-refractivity contribution in [3.8, 4) is 0 Å². The second-order valence-corrected chi connectivity index (χ2v) is 5.83. The molecule has 2 aliphatic carbocycles. The average Bonchev–Trinajstić information content (AvgIpc) is 3.30. The first-order chi connectivity index (χ1) is 10.2. The van der Waals surface area contributed by atoms with Gasteiger partial charge in [-0.1, -0.05) is 33.5 Å². The predicted molar refractivity (Wildman–Crippen MR) is 82.7 cm³/mol. The molecule has 21 heavy (non-hydrogen) atoms. The molecule has 1 saturated carbocycles. The van der Waals surface area contributed by atoms with Crippen molar-refractivity contribution >= 4 is 11.6 Å². The molecule has 7 nitrogen and oxygen atoms in total. The quantitative estimate of drug-likeness (QED) is 0.407. The van der Waals surface area contributed by atoms with Gasteiger partial charge in [0.25, 0.3) is 0 Å². The van der Waals surface area contributed by atoms with E-state index in [1.165, 1.54) is 18.4 Å². The van der Waals surface area contributed by atoms with Gasteiger partial charge < -0.3 is 5.32 Å². The summed E-state index contributed by atoms with van der Waals surface area (Å²) in [7, 11) is 0. The van der Waals surface area contributed by atoms with Crippen LogP contribution in [0.1, 0.15) is 19.3 Å². The normalized spacial score (nSPS) is 22.4. The molecule has 0 saturated heterocycles. The summed E-state index contributed by atoms with van der Waals surface area (Å²) in [4.78, 5) is 5.63. The molecule has 2 aliphatic rings. The van der Waals surface area contributed by atoms with Crippen molar-refractivity contribution in [2.45, 2.75) is 25.3 Å². The van der Waals surface area contributed by atoms with Crippen LogP contribution >= 0.6 is 11.6 Å². The van der Waals surface area contributed by atoms with E-state index in [-0.39, 0.29) is 11.8 Å². The lowest BCUT2D eigenvalue weighted by Gasteiger charge is -2.29. The SMILES string of the molecule is [N-]=[N+]=NCC(CN=[N+]=[N-])C1CC=C(Cl)C=C1CNC1CC1. The first-order valence-electron chi connectivity index (χ1n) is 7.05. The van der Waals surface area contributed by atoms with E-state index in [1.54, 1.807) is 0 Å². The molecule has 0 bridgehead atoms. The molecule has 1 fully saturated rings. The Balaban J connectivity index is 2.08. The van der Waals surface area contributed by atoms with Gasteiger partial charge in [0.05, 0.1) is 0 Å². The van der Waals surface area contributed by atoms with E-state index in [1.807, 2.05) is 12.2 Å². The highest BCUT2D eigenvalue weighted by Gasteiger charge is 2.27. The second kappa shape index (κ2) is 7.96. The van der Waals surface area contributed by atoms with Gasteiger partial charge in [-0.2, -0.15) is 0 Å². The van der Waals surface area contributed by atoms with E-state index in [9.17, 15) is 0 Å². The van der Waals surface area contributed by atoms with Gasteiger partial charge in [-0.25, -0.2) is 0 Å². The third-order valence-corrected chi connectivity index (χ3v) is 4.13. The zero-order valence-corrected chi connectivity index (χ0v) is 12.4. The minimum absolute atomic E-state index is 0.00469. The van der Waals surface area contributed by atoms with E-state index in [0.29, 0.717) is 19.1 Å². The number of allylic oxidation sites excluding steroid dienone is 3. The van der Waals surface area contributed by atoms with Gasteiger partial charge in [0.2, 0.25) is 0 Å². The van der Waals surface area contributed by atoms with E-state index >= 15 is 0 Å². The van der Waals surface area contributed by atoms with Crippen LogP contribution in [0.25, 0.3) is 20.9 Å². The van der Waals surface area contributed by atoms with Crippen LogP contribution in [0.5, 0.6) is 0 Å². The van der Waals surface area contributed by atoms with Crippen molar-refractivity contribution in [2.75, 3.05) is 19.6 Å². The molecule has 8 heteroatoms. The Morgan fingerprint density at radius 1 is 1.29 bits per heavy atom. The zero-order chi connectivity index (χ0) is 15.1. The van der Waals surface area contributed by atoms with E-state index in [0.717, 1.165) is 18.0 Å². The molecule has 0 aromatic heterocycles. The Morgan fingerprint density at radius 2 is 1.95 bits per heavy atom. The standard InChI is InChI=1S/C13H18ClN7/c14-11-1-4-13(9(5-11)6-17-12-2-3-12)10(7-18-20-15)8-19-21-16/h1,5,10,12-13,17H,2-4,6-8H2. The summed E-state index contributed by atoms with van der Waals surface area (Å²) in [6.07, 6.45) is 7.17. The first kappa shape index (κ1) is 15.7. The number of nitrogens with one attached hydrogen (secondary N) is 1. The Kier molecular flexibility index (Phi) is 5.96. The van der Waals surface area contributed by atoms with E-state index in [2.05, 4.69) is 25.4 Å².